The second-order valence-corrected chi connectivity index (χ2v) is 11.4. The van der Waals surface area contributed by atoms with Crippen molar-refractivity contribution in [3.8, 4) is 11.5 Å². The Kier molecular flexibility index (Phi) is 8.89. The Bertz CT molecular complexity index is 1460. The van der Waals surface area contributed by atoms with Gasteiger partial charge in [-0.25, -0.2) is 0 Å². The van der Waals surface area contributed by atoms with Gasteiger partial charge in [0.05, 0.1) is 19.6 Å². The molecule has 11 heteroatoms. The van der Waals surface area contributed by atoms with E-state index < -0.39 is 5.92 Å². The Hall–Kier alpha value is -4.54. The van der Waals surface area contributed by atoms with Gasteiger partial charge in [0.15, 0.2) is 17.2 Å². The number of benzene rings is 2. The molecule has 1 saturated heterocycles. The van der Waals surface area contributed by atoms with Gasteiger partial charge in [-0.1, -0.05) is 6.07 Å². The summed E-state index contributed by atoms with van der Waals surface area (Å²) < 4.78 is 13.4. The Morgan fingerprint density at radius 3 is 2.42 bits per heavy atom. The van der Waals surface area contributed by atoms with E-state index in [-0.39, 0.29) is 30.2 Å². The van der Waals surface area contributed by atoms with Crippen LogP contribution in [0.15, 0.2) is 48.5 Å². The van der Waals surface area contributed by atoms with Gasteiger partial charge in [-0.05, 0) is 61.4 Å². The molecule has 1 aromatic heterocycles. The van der Waals surface area contributed by atoms with E-state index in [1.807, 2.05) is 68.4 Å². The third-order valence-corrected chi connectivity index (χ3v) is 8.33. The van der Waals surface area contributed by atoms with E-state index in [4.69, 9.17) is 9.47 Å². The molecule has 2 aliphatic rings. The molecule has 2 aliphatic heterocycles. The van der Waals surface area contributed by atoms with E-state index in [1.54, 1.807) is 34.7 Å². The molecule has 0 spiro atoms. The van der Waals surface area contributed by atoms with Crippen LogP contribution in [0.5, 0.6) is 11.5 Å². The standard InChI is InChI=1S/C32H40N6O5/c1-21-17-27(34-36(21)4)32(41)37-14-6-13-33-30(39)26-20-38(31(40)22-7-10-24(11-8-22)35(2)3)19-25(26)23-9-12-28(42-5)29(18-23)43-16-15-37/h7-12,17-18,25-26H,6,13-16,19-20H2,1-5H3,(H,33,39)/t25-,26+/m1/s1. The van der Waals surface area contributed by atoms with Crippen LogP contribution < -0.4 is 19.7 Å². The van der Waals surface area contributed by atoms with Crippen molar-refractivity contribution < 1.29 is 23.9 Å². The second kappa shape index (κ2) is 12.8. The predicted molar refractivity (Wildman–Crippen MR) is 163 cm³/mol. The number of hydrogen-bond donors (Lipinski definition) is 1. The first-order valence-corrected chi connectivity index (χ1v) is 14.6. The number of aromatic nitrogens is 2. The Morgan fingerprint density at radius 2 is 1.74 bits per heavy atom. The van der Waals surface area contributed by atoms with E-state index >= 15 is 0 Å². The lowest BCUT2D eigenvalue weighted by atomic mass is 9.88. The summed E-state index contributed by atoms with van der Waals surface area (Å²) in [5, 5.41) is 7.43. The maximum atomic E-state index is 13.6. The van der Waals surface area contributed by atoms with E-state index in [1.165, 1.54) is 0 Å². The molecule has 3 heterocycles. The average molecular weight is 589 g/mol. The largest absolute Gasteiger partial charge is 0.493 e. The molecule has 228 valence electrons. The predicted octanol–water partition coefficient (Wildman–Crippen LogP) is 2.70. The summed E-state index contributed by atoms with van der Waals surface area (Å²) in [4.78, 5) is 45.9. The maximum absolute atomic E-state index is 13.6. The van der Waals surface area contributed by atoms with Crippen molar-refractivity contribution in [1.82, 2.24) is 24.9 Å². The number of nitrogens with zero attached hydrogens (tertiary/aromatic N) is 5. The molecular weight excluding hydrogens is 548 g/mol. The number of fused-ring (bicyclic) bond motifs is 4. The van der Waals surface area contributed by atoms with Crippen LogP contribution in [0.25, 0.3) is 0 Å². The number of carbonyl (C=O) groups excluding carboxylic acids is 3. The molecule has 0 saturated carbocycles. The summed E-state index contributed by atoms with van der Waals surface area (Å²) in [6, 6.07) is 14.9. The topological polar surface area (TPSA) is 109 Å². The van der Waals surface area contributed by atoms with Crippen LogP contribution in [0.3, 0.4) is 0 Å². The van der Waals surface area contributed by atoms with Crippen LogP contribution in [0, 0.1) is 12.8 Å². The third-order valence-electron chi connectivity index (χ3n) is 8.33. The van der Waals surface area contributed by atoms with Crippen LogP contribution >= 0.6 is 0 Å². The third kappa shape index (κ3) is 6.45. The molecule has 3 aromatic rings. The van der Waals surface area contributed by atoms with Gasteiger partial charge >= 0.3 is 0 Å². The number of anilines is 1. The van der Waals surface area contributed by atoms with Crippen molar-refractivity contribution in [2.75, 3.05) is 65.4 Å². The van der Waals surface area contributed by atoms with Crippen LogP contribution in [0.2, 0.25) is 0 Å². The lowest BCUT2D eigenvalue weighted by Crippen LogP contribution is -2.39. The highest BCUT2D eigenvalue weighted by molar-refractivity contribution is 5.95. The van der Waals surface area contributed by atoms with Crippen molar-refractivity contribution in [2.24, 2.45) is 13.0 Å². The zero-order valence-electron chi connectivity index (χ0n) is 25.5. The zero-order valence-corrected chi connectivity index (χ0v) is 25.5. The summed E-state index contributed by atoms with van der Waals surface area (Å²) in [7, 11) is 7.29. The molecule has 0 radical (unpaired) electrons. The molecular formula is C32H40N6O5. The summed E-state index contributed by atoms with van der Waals surface area (Å²) in [6.07, 6.45) is 0.566. The highest BCUT2D eigenvalue weighted by atomic mass is 16.5. The number of rotatable bonds is 4. The average Bonchev–Trinajstić information content (AvgIpc) is 3.60. The molecule has 0 aliphatic carbocycles. The van der Waals surface area contributed by atoms with Gasteiger partial charge in [-0.15, -0.1) is 0 Å². The van der Waals surface area contributed by atoms with Crippen LogP contribution in [-0.4, -0.2) is 97.8 Å². The number of amides is 3. The number of ether oxygens (including phenoxy) is 2. The lowest BCUT2D eigenvalue weighted by molar-refractivity contribution is -0.124. The number of aryl methyl sites for hydroxylation is 2. The minimum Gasteiger partial charge on any atom is -0.493 e. The molecule has 1 fully saturated rings. The summed E-state index contributed by atoms with van der Waals surface area (Å²) in [5.74, 6) is 0.0257. The SMILES string of the molecule is COc1ccc2cc1OCCN(C(=O)c1cc(C)n(C)n1)CCCNC(=O)[C@H]1CN(C(=O)c3ccc(N(C)C)cc3)C[C@H]21. The number of methoxy groups -OCH3 is 1. The monoisotopic (exact) mass is 588 g/mol. The van der Waals surface area contributed by atoms with Crippen molar-refractivity contribution in [2.45, 2.75) is 19.3 Å². The van der Waals surface area contributed by atoms with Crippen LogP contribution in [0.1, 0.15) is 44.4 Å². The molecule has 5 rings (SSSR count). The van der Waals surface area contributed by atoms with Crippen LogP contribution in [-0.2, 0) is 11.8 Å². The fourth-order valence-corrected chi connectivity index (χ4v) is 5.71. The normalized spacial score (nSPS) is 19.1. The van der Waals surface area contributed by atoms with E-state index in [2.05, 4.69) is 10.4 Å². The highest BCUT2D eigenvalue weighted by Crippen LogP contribution is 2.38. The molecule has 0 unspecified atom stereocenters. The Labute approximate surface area is 252 Å². The van der Waals surface area contributed by atoms with Gasteiger partial charge < -0.3 is 29.5 Å². The minimum atomic E-state index is -0.441. The summed E-state index contributed by atoms with van der Waals surface area (Å²) in [6.45, 7) is 4.04. The molecule has 2 atom stereocenters. The first kappa shape index (κ1) is 29.9. The van der Waals surface area contributed by atoms with Gasteiger partial charge in [-0.3, -0.25) is 19.1 Å². The van der Waals surface area contributed by atoms with Crippen LogP contribution in [0.4, 0.5) is 5.69 Å². The van der Waals surface area contributed by atoms with Gasteiger partial charge in [0.2, 0.25) is 5.91 Å². The van der Waals surface area contributed by atoms with Gasteiger partial charge in [0.1, 0.15) is 6.61 Å². The number of hydrogen-bond acceptors (Lipinski definition) is 7. The molecule has 2 bridgehead atoms. The summed E-state index contributed by atoms with van der Waals surface area (Å²) in [5.41, 5.74) is 3.75. The fourth-order valence-electron chi connectivity index (χ4n) is 5.71. The van der Waals surface area contributed by atoms with Gasteiger partial charge in [-0.2, -0.15) is 5.10 Å². The van der Waals surface area contributed by atoms with E-state index in [9.17, 15) is 14.4 Å². The first-order chi connectivity index (χ1) is 20.7. The number of carbonyl (C=O) groups is 3. The molecule has 11 nitrogen and oxygen atoms in total. The maximum Gasteiger partial charge on any atom is 0.274 e. The highest BCUT2D eigenvalue weighted by Gasteiger charge is 2.41. The fraction of sp³-hybridized carbons (Fsp3) is 0.438. The van der Waals surface area contributed by atoms with E-state index in [0.717, 1.165) is 16.9 Å². The van der Waals surface area contributed by atoms with Crippen molar-refractivity contribution in [3.63, 3.8) is 0 Å². The van der Waals surface area contributed by atoms with Gasteiger partial charge in [0, 0.05) is 70.2 Å². The molecule has 43 heavy (non-hydrogen) atoms. The Morgan fingerprint density at radius 1 is 1.00 bits per heavy atom. The first-order valence-electron chi connectivity index (χ1n) is 14.6. The molecule has 2 aromatic carbocycles. The van der Waals surface area contributed by atoms with E-state index in [0.29, 0.717) is 61.9 Å². The molecule has 1 N–H and O–H groups in total. The van der Waals surface area contributed by atoms with Crippen molar-refractivity contribution >= 4 is 23.4 Å². The van der Waals surface area contributed by atoms with Gasteiger partial charge in [0.25, 0.3) is 11.8 Å². The summed E-state index contributed by atoms with van der Waals surface area (Å²) >= 11 is 0. The second-order valence-electron chi connectivity index (χ2n) is 11.4. The zero-order chi connectivity index (χ0) is 30.7. The number of likely N-dealkylation sites (tertiary alicyclic amines) is 1. The van der Waals surface area contributed by atoms with Crippen molar-refractivity contribution in [3.05, 3.63) is 71.0 Å². The Balaban J connectivity index is 1.39. The lowest BCUT2D eigenvalue weighted by Gasteiger charge is -2.24. The van der Waals surface area contributed by atoms with Crippen molar-refractivity contribution in [1.29, 1.82) is 0 Å². The number of nitrogens with one attached hydrogen (secondary N) is 1. The quantitative estimate of drug-likeness (QED) is 0.499. The molecule has 3 amide bonds. The minimum absolute atomic E-state index is 0.104. The smallest absolute Gasteiger partial charge is 0.274 e.